The second-order valence-corrected chi connectivity index (χ2v) is 7.11. The van der Waals surface area contributed by atoms with E-state index in [4.69, 9.17) is 10.2 Å². The number of isocyanates is 2. The van der Waals surface area contributed by atoms with E-state index in [1.165, 1.54) is 12.5 Å². The van der Waals surface area contributed by atoms with Gasteiger partial charge in [0.2, 0.25) is 12.2 Å². The van der Waals surface area contributed by atoms with Crippen LogP contribution < -0.4 is 0 Å². The van der Waals surface area contributed by atoms with E-state index in [1.54, 1.807) is 18.2 Å². The van der Waals surface area contributed by atoms with Gasteiger partial charge in [0.25, 0.3) is 0 Å². The number of rotatable bonds is 4. The van der Waals surface area contributed by atoms with Gasteiger partial charge in [-0.1, -0.05) is 24.3 Å². The average Bonchev–Trinajstić information content (AvgIpc) is 3.35. The number of aliphatic imine (C=N–C) groups is 2. The van der Waals surface area contributed by atoms with Gasteiger partial charge in [0, 0.05) is 11.8 Å². The summed E-state index contributed by atoms with van der Waals surface area (Å²) in [6, 6.07) is 0.257. The van der Waals surface area contributed by atoms with Crippen LogP contribution in [0.1, 0.15) is 19.3 Å². The highest BCUT2D eigenvalue weighted by atomic mass is 16.4. The maximum atomic E-state index is 11.2. The SMILES string of the molecule is O=C=NC1(C(=O)O)C2C=CC(C2)C1C(=O)O.O=C=NC1CC2C=CC1C2. The molecule has 0 heterocycles. The van der Waals surface area contributed by atoms with E-state index in [9.17, 15) is 19.2 Å². The van der Waals surface area contributed by atoms with E-state index in [0.717, 1.165) is 6.42 Å². The van der Waals surface area contributed by atoms with Crippen molar-refractivity contribution in [3.8, 4) is 0 Å². The zero-order valence-electron chi connectivity index (χ0n) is 13.8. The number of carbonyl (C=O) groups excluding carboxylic acids is 2. The summed E-state index contributed by atoms with van der Waals surface area (Å²) in [5.41, 5.74) is -1.87. The van der Waals surface area contributed by atoms with E-state index in [1.807, 2.05) is 0 Å². The molecule has 0 aromatic carbocycles. The molecule has 26 heavy (non-hydrogen) atoms. The van der Waals surface area contributed by atoms with Crippen LogP contribution in [-0.4, -0.2) is 45.9 Å². The maximum absolute atomic E-state index is 11.2. The van der Waals surface area contributed by atoms with Crippen LogP contribution in [0.3, 0.4) is 0 Å². The molecule has 2 N–H and O–H groups in total. The standard InChI is InChI=1S/C10H9NO5.C8H9NO/c12-4-11-10(9(15)16)6-2-1-5(3-6)7(10)8(13)14;10-5-9-8-4-6-1-2-7(8)3-6/h1-2,5-7H,3H2,(H,13,14)(H,15,16);1-2,6-8H,3-4H2. The first-order valence-electron chi connectivity index (χ1n) is 8.42. The highest BCUT2D eigenvalue weighted by molar-refractivity contribution is 5.90. The van der Waals surface area contributed by atoms with Crippen LogP contribution >= 0.6 is 0 Å². The summed E-state index contributed by atoms with van der Waals surface area (Å²) in [5, 5.41) is 18.2. The predicted octanol–water partition coefficient (Wildman–Crippen LogP) is 1.34. The number of aliphatic carboxylic acids is 2. The van der Waals surface area contributed by atoms with Gasteiger partial charge in [0.1, 0.15) is 5.92 Å². The lowest BCUT2D eigenvalue weighted by Crippen LogP contribution is -2.50. The van der Waals surface area contributed by atoms with Crippen LogP contribution in [0, 0.1) is 29.6 Å². The fourth-order valence-electron chi connectivity index (χ4n) is 4.76. The summed E-state index contributed by atoms with van der Waals surface area (Å²) in [6.45, 7) is 0. The number of hydrogen-bond acceptors (Lipinski definition) is 6. The zero-order valence-corrected chi connectivity index (χ0v) is 13.8. The number of carboxylic acids is 2. The molecule has 0 amide bonds. The van der Waals surface area contributed by atoms with E-state index in [-0.39, 0.29) is 12.0 Å². The van der Waals surface area contributed by atoms with E-state index < -0.39 is 29.3 Å². The molecule has 0 aromatic rings. The van der Waals surface area contributed by atoms with Crippen molar-refractivity contribution in [2.75, 3.05) is 0 Å². The number of carboxylic acid groups (broad SMARTS) is 2. The monoisotopic (exact) mass is 358 g/mol. The van der Waals surface area contributed by atoms with Crippen molar-refractivity contribution < 1.29 is 29.4 Å². The van der Waals surface area contributed by atoms with Gasteiger partial charge in [-0.05, 0) is 31.1 Å². The fraction of sp³-hybridized carbons (Fsp3) is 0.556. The van der Waals surface area contributed by atoms with Crippen molar-refractivity contribution in [1.29, 1.82) is 0 Å². The van der Waals surface area contributed by atoms with E-state index >= 15 is 0 Å². The van der Waals surface area contributed by atoms with Gasteiger partial charge in [0.05, 0.1) is 6.04 Å². The lowest BCUT2D eigenvalue weighted by atomic mass is 9.76. The minimum Gasteiger partial charge on any atom is -0.481 e. The smallest absolute Gasteiger partial charge is 0.334 e. The summed E-state index contributed by atoms with van der Waals surface area (Å²) in [7, 11) is 0. The van der Waals surface area contributed by atoms with Crippen molar-refractivity contribution in [1.82, 2.24) is 0 Å². The second-order valence-electron chi connectivity index (χ2n) is 7.11. The van der Waals surface area contributed by atoms with Gasteiger partial charge in [0.15, 0.2) is 5.54 Å². The zero-order chi connectivity index (χ0) is 18.9. The Hall–Kier alpha value is -2.82. The van der Waals surface area contributed by atoms with Crippen molar-refractivity contribution in [3.63, 3.8) is 0 Å². The summed E-state index contributed by atoms with van der Waals surface area (Å²) < 4.78 is 0. The first kappa shape index (κ1) is 18.0. The Labute approximate surface area is 149 Å². The van der Waals surface area contributed by atoms with Gasteiger partial charge in [-0.25, -0.2) is 19.4 Å². The molecule has 136 valence electrons. The highest BCUT2D eigenvalue weighted by Crippen LogP contribution is 2.52. The molecule has 0 aliphatic heterocycles. The summed E-state index contributed by atoms with van der Waals surface area (Å²) >= 11 is 0. The first-order chi connectivity index (χ1) is 12.4. The molecule has 2 saturated carbocycles. The minimum absolute atomic E-state index is 0.257. The Morgan fingerprint density at radius 1 is 0.962 bits per heavy atom. The molecule has 4 rings (SSSR count). The second kappa shape index (κ2) is 6.83. The Kier molecular flexibility index (Phi) is 4.72. The number of hydrogen-bond donors (Lipinski definition) is 2. The van der Waals surface area contributed by atoms with E-state index in [2.05, 4.69) is 22.1 Å². The Morgan fingerprint density at radius 3 is 2.19 bits per heavy atom. The summed E-state index contributed by atoms with van der Waals surface area (Å²) in [5.74, 6) is -3.44. The normalized spacial score (nSPS) is 40.3. The lowest BCUT2D eigenvalue weighted by Gasteiger charge is -2.30. The van der Waals surface area contributed by atoms with Crippen molar-refractivity contribution >= 4 is 24.1 Å². The number of fused-ring (bicyclic) bond motifs is 4. The van der Waals surface area contributed by atoms with Crippen molar-refractivity contribution in [2.45, 2.75) is 30.8 Å². The first-order valence-corrected chi connectivity index (χ1v) is 8.42. The Bertz CT molecular complexity index is 773. The molecule has 4 aliphatic carbocycles. The topological polar surface area (TPSA) is 133 Å². The van der Waals surface area contributed by atoms with Crippen LogP contribution in [0.15, 0.2) is 34.3 Å². The van der Waals surface area contributed by atoms with Crippen LogP contribution in [0.4, 0.5) is 0 Å². The third-order valence-electron chi connectivity index (χ3n) is 5.89. The third-order valence-corrected chi connectivity index (χ3v) is 5.89. The molecule has 0 saturated heterocycles. The molecule has 0 aromatic heterocycles. The Morgan fingerprint density at radius 2 is 1.69 bits per heavy atom. The molecule has 4 bridgehead atoms. The fourth-order valence-corrected chi connectivity index (χ4v) is 4.76. The maximum Gasteiger partial charge on any atom is 0.334 e. The number of carbonyl (C=O) groups is 2. The molecule has 2 fully saturated rings. The molecule has 7 unspecified atom stereocenters. The van der Waals surface area contributed by atoms with Gasteiger partial charge in [-0.2, -0.15) is 4.99 Å². The number of nitrogens with zero attached hydrogens (tertiary/aromatic N) is 2. The van der Waals surface area contributed by atoms with Gasteiger partial charge < -0.3 is 10.2 Å². The van der Waals surface area contributed by atoms with Gasteiger partial charge >= 0.3 is 11.9 Å². The molecule has 8 nitrogen and oxygen atoms in total. The van der Waals surface area contributed by atoms with Crippen LogP contribution in [0.5, 0.6) is 0 Å². The number of allylic oxidation sites excluding steroid dienone is 2. The largest absolute Gasteiger partial charge is 0.481 e. The van der Waals surface area contributed by atoms with Crippen molar-refractivity contribution in [3.05, 3.63) is 24.3 Å². The van der Waals surface area contributed by atoms with Crippen LogP contribution in [-0.2, 0) is 19.2 Å². The lowest BCUT2D eigenvalue weighted by molar-refractivity contribution is -0.156. The van der Waals surface area contributed by atoms with E-state index in [0.29, 0.717) is 18.3 Å². The molecule has 0 radical (unpaired) electrons. The minimum atomic E-state index is -1.87. The predicted molar refractivity (Wildman–Crippen MR) is 87.6 cm³/mol. The Balaban J connectivity index is 0.000000167. The molecule has 0 spiro atoms. The van der Waals surface area contributed by atoms with Crippen molar-refractivity contribution in [2.24, 2.45) is 39.6 Å². The molecule has 8 heteroatoms. The summed E-state index contributed by atoms with van der Waals surface area (Å²) in [6.07, 6.45) is 13.2. The third kappa shape index (κ3) is 2.73. The highest BCUT2D eigenvalue weighted by Gasteiger charge is 2.64. The van der Waals surface area contributed by atoms with Gasteiger partial charge in [-0.3, -0.25) is 4.79 Å². The summed E-state index contributed by atoms with van der Waals surface area (Å²) in [4.78, 5) is 49.7. The molecule has 4 aliphatic rings. The average molecular weight is 358 g/mol. The quantitative estimate of drug-likeness (QED) is 0.442. The molecular weight excluding hydrogens is 340 g/mol. The van der Waals surface area contributed by atoms with Gasteiger partial charge in [-0.15, -0.1) is 0 Å². The van der Waals surface area contributed by atoms with Crippen LogP contribution in [0.25, 0.3) is 0 Å². The van der Waals surface area contributed by atoms with Crippen LogP contribution in [0.2, 0.25) is 0 Å². The molecular formula is C18H18N2O6. The molecule has 7 atom stereocenters.